The third-order valence-electron chi connectivity index (χ3n) is 9.26. The summed E-state index contributed by atoms with van der Waals surface area (Å²) >= 11 is 0. The molecule has 9 aromatic carbocycles. The zero-order valence-electron chi connectivity index (χ0n) is 33.0. The molecule has 1 heteroatoms. The summed E-state index contributed by atoms with van der Waals surface area (Å²) in [4.78, 5) is 0. The Balaban J connectivity index is 1.42. The number of furan rings is 1. The van der Waals surface area contributed by atoms with Crippen molar-refractivity contribution in [1.29, 1.82) is 0 Å². The Kier molecular flexibility index (Phi) is 4.19. The molecule has 218 valence electrons. The fourth-order valence-electron chi connectivity index (χ4n) is 7.20. The molecule has 0 amide bonds. The highest BCUT2D eigenvalue weighted by Crippen LogP contribution is 2.48. The molecular formula is C46H28O. The van der Waals surface area contributed by atoms with Crippen LogP contribution in [0.2, 0.25) is 0 Å². The summed E-state index contributed by atoms with van der Waals surface area (Å²) in [6.45, 7) is 0. The molecule has 47 heavy (non-hydrogen) atoms. The summed E-state index contributed by atoms with van der Waals surface area (Å²) in [5.41, 5.74) is 4.67. The van der Waals surface area contributed by atoms with Gasteiger partial charge in [0.1, 0.15) is 11.2 Å². The fraction of sp³-hybridized carbons (Fsp3) is 0. The van der Waals surface area contributed by atoms with Gasteiger partial charge in [-0.15, -0.1) is 0 Å². The molecule has 1 heterocycles. The molecule has 0 fully saturated rings. The number of hydrogen-bond acceptors (Lipinski definition) is 1. The fourth-order valence-corrected chi connectivity index (χ4v) is 7.20. The zero-order valence-corrected chi connectivity index (χ0v) is 25.0. The van der Waals surface area contributed by atoms with E-state index in [2.05, 4.69) is 12.1 Å². The molecular weight excluding hydrogens is 569 g/mol. The number of hydrogen-bond donors (Lipinski definition) is 0. The zero-order chi connectivity index (χ0) is 37.9. The van der Waals surface area contributed by atoms with E-state index in [4.69, 9.17) is 9.90 Å². The molecule has 10 rings (SSSR count). The molecule has 1 nitrogen and oxygen atoms in total. The second kappa shape index (κ2) is 10.2. The molecule has 0 bridgehead atoms. The lowest BCUT2D eigenvalue weighted by Gasteiger charge is -2.20. The van der Waals surface area contributed by atoms with Crippen LogP contribution in [0.1, 0.15) is 11.0 Å². The van der Waals surface area contributed by atoms with Crippen molar-refractivity contribution in [3.8, 4) is 33.4 Å². The number of fused-ring (bicyclic) bond motifs is 7. The topological polar surface area (TPSA) is 13.1 Å². The van der Waals surface area contributed by atoms with Gasteiger partial charge in [0.05, 0.1) is 11.0 Å². The van der Waals surface area contributed by atoms with Crippen molar-refractivity contribution in [3.63, 3.8) is 0 Å². The van der Waals surface area contributed by atoms with Crippen molar-refractivity contribution in [1.82, 2.24) is 0 Å². The van der Waals surface area contributed by atoms with Crippen molar-refractivity contribution in [3.05, 3.63) is 170 Å². The van der Waals surface area contributed by atoms with Gasteiger partial charge in [0.25, 0.3) is 0 Å². The van der Waals surface area contributed by atoms with E-state index >= 15 is 0 Å². The van der Waals surface area contributed by atoms with Crippen LogP contribution in [0.25, 0.3) is 98.4 Å². The minimum Gasteiger partial charge on any atom is -0.456 e. The molecule has 0 atom stereocenters. The van der Waals surface area contributed by atoms with Crippen LogP contribution in [0, 0.1) is 0 Å². The van der Waals surface area contributed by atoms with Crippen molar-refractivity contribution in [2.24, 2.45) is 0 Å². The van der Waals surface area contributed by atoms with Crippen LogP contribution in [0.15, 0.2) is 174 Å². The molecule has 0 N–H and O–H groups in total. The molecule has 0 aliphatic carbocycles. The molecule has 0 spiro atoms. The summed E-state index contributed by atoms with van der Waals surface area (Å²) in [7, 11) is 0. The quantitative estimate of drug-likeness (QED) is 0.183. The maximum absolute atomic E-state index is 9.47. The highest BCUT2D eigenvalue weighted by atomic mass is 16.3. The van der Waals surface area contributed by atoms with Gasteiger partial charge in [-0.05, 0) is 101 Å². The maximum atomic E-state index is 9.47. The van der Waals surface area contributed by atoms with Gasteiger partial charge in [0.2, 0.25) is 0 Å². The van der Waals surface area contributed by atoms with Crippen LogP contribution in [-0.4, -0.2) is 0 Å². The minimum absolute atomic E-state index is 0.175. The van der Waals surface area contributed by atoms with Crippen molar-refractivity contribution in [2.45, 2.75) is 0 Å². The van der Waals surface area contributed by atoms with E-state index in [1.165, 1.54) is 0 Å². The first-order valence-electron chi connectivity index (χ1n) is 19.5. The normalized spacial score (nSPS) is 14.2. The van der Waals surface area contributed by atoms with Gasteiger partial charge in [0.15, 0.2) is 0 Å². The van der Waals surface area contributed by atoms with Crippen molar-refractivity contribution in [2.75, 3.05) is 0 Å². The average molecular weight is 605 g/mol. The van der Waals surface area contributed by atoms with E-state index in [-0.39, 0.29) is 45.7 Å². The molecule has 0 unspecified atom stereocenters. The first-order chi connectivity index (χ1) is 26.6. The minimum atomic E-state index is -0.435. The Labute approximate surface area is 283 Å². The summed E-state index contributed by atoms with van der Waals surface area (Å²) in [6.07, 6.45) is 0. The van der Waals surface area contributed by atoms with E-state index in [0.29, 0.717) is 33.4 Å². The lowest BCUT2D eigenvalue weighted by molar-refractivity contribution is 0.669. The van der Waals surface area contributed by atoms with Crippen LogP contribution in [0.3, 0.4) is 0 Å². The van der Waals surface area contributed by atoms with Gasteiger partial charge in [-0.2, -0.15) is 0 Å². The standard InChI is InChI=1S/C46H28O/c1-2-13-30-26-33(25-24-29(30)12-1)44-37-18-7-9-20-39(37)45(40-21-10-8-19-38(40)44)35-17-6-5-16-34(35)36-22-11-23-42-46(36)41-27-31-14-3-4-15-32(31)28-43(41)47-42/h1-28H/i7D,8D,9D,10D,18D,19D,20D,21D. The Morgan fingerprint density at radius 1 is 0.383 bits per heavy atom. The highest BCUT2D eigenvalue weighted by molar-refractivity contribution is 6.24. The smallest absolute Gasteiger partial charge is 0.136 e. The monoisotopic (exact) mass is 604 g/mol. The van der Waals surface area contributed by atoms with Gasteiger partial charge >= 0.3 is 0 Å². The van der Waals surface area contributed by atoms with Gasteiger partial charge in [0, 0.05) is 10.8 Å². The predicted octanol–water partition coefficient (Wildman–Crippen LogP) is 13.2. The Morgan fingerprint density at radius 2 is 0.936 bits per heavy atom. The lowest BCUT2D eigenvalue weighted by Crippen LogP contribution is -1.93. The third kappa shape index (κ3) is 3.97. The SMILES string of the molecule is [2H]c1c([2H])c([2H])c2c(-c3ccccc3-c3cccc4oc5cc6ccccc6cc5c34)c3c([2H])c([2H])c([2H])c([2H])c3c(-c3ccc4ccccc4c3)c2c1[2H]. The van der Waals surface area contributed by atoms with Crippen molar-refractivity contribution < 1.29 is 15.4 Å². The summed E-state index contributed by atoms with van der Waals surface area (Å²) in [6, 6.07) is 36.1. The van der Waals surface area contributed by atoms with E-state index in [1.807, 2.05) is 109 Å². The molecule has 0 aliphatic rings. The summed E-state index contributed by atoms with van der Waals surface area (Å²) in [5.74, 6) is 0. The summed E-state index contributed by atoms with van der Waals surface area (Å²) in [5, 5.41) is 6.42. The number of rotatable bonds is 3. The second-order valence-electron chi connectivity index (χ2n) is 11.8. The summed E-state index contributed by atoms with van der Waals surface area (Å²) < 4.78 is 79.6. The van der Waals surface area contributed by atoms with E-state index in [0.717, 1.165) is 43.5 Å². The highest BCUT2D eigenvalue weighted by Gasteiger charge is 2.21. The van der Waals surface area contributed by atoms with E-state index in [1.54, 1.807) is 0 Å². The van der Waals surface area contributed by atoms with Crippen LogP contribution in [0.5, 0.6) is 0 Å². The maximum Gasteiger partial charge on any atom is 0.136 e. The van der Waals surface area contributed by atoms with Crippen LogP contribution >= 0.6 is 0 Å². The molecule has 0 saturated heterocycles. The van der Waals surface area contributed by atoms with Gasteiger partial charge < -0.3 is 4.42 Å². The van der Waals surface area contributed by atoms with Gasteiger partial charge in [-0.3, -0.25) is 0 Å². The van der Waals surface area contributed by atoms with Gasteiger partial charge in [-0.1, -0.05) is 145 Å². The first kappa shape index (κ1) is 19.4. The molecule has 1 aromatic heterocycles. The third-order valence-corrected chi connectivity index (χ3v) is 9.26. The largest absolute Gasteiger partial charge is 0.456 e. The van der Waals surface area contributed by atoms with Crippen LogP contribution in [-0.2, 0) is 0 Å². The Hall–Kier alpha value is -6.18. The molecule has 0 aliphatic heterocycles. The second-order valence-corrected chi connectivity index (χ2v) is 11.8. The van der Waals surface area contributed by atoms with E-state index in [9.17, 15) is 5.48 Å². The molecule has 0 saturated carbocycles. The first-order valence-corrected chi connectivity index (χ1v) is 15.5. The van der Waals surface area contributed by atoms with Crippen molar-refractivity contribution >= 4 is 65.0 Å². The van der Waals surface area contributed by atoms with E-state index < -0.39 is 24.2 Å². The van der Waals surface area contributed by atoms with Gasteiger partial charge in [-0.25, -0.2) is 0 Å². The predicted molar refractivity (Wildman–Crippen MR) is 200 cm³/mol. The lowest BCUT2D eigenvalue weighted by atomic mass is 9.83. The van der Waals surface area contributed by atoms with Crippen LogP contribution in [0.4, 0.5) is 0 Å². The number of benzene rings is 9. The molecule has 0 radical (unpaired) electrons. The Bertz CT molecular complexity index is 3230. The Morgan fingerprint density at radius 3 is 1.64 bits per heavy atom. The average Bonchev–Trinajstić information content (AvgIpc) is 3.58. The van der Waals surface area contributed by atoms with Crippen LogP contribution < -0.4 is 0 Å². The molecule has 10 aromatic rings.